The van der Waals surface area contributed by atoms with Crippen LogP contribution in [0.1, 0.15) is 23.5 Å². The lowest BCUT2D eigenvalue weighted by Crippen LogP contribution is -2.11. The minimum atomic E-state index is 0.424. The molecule has 2 heterocycles. The van der Waals surface area contributed by atoms with Crippen molar-refractivity contribution >= 4 is 11.3 Å². The van der Waals surface area contributed by atoms with E-state index in [0.717, 1.165) is 26.0 Å². The highest BCUT2D eigenvalue weighted by Gasteiger charge is 2.17. The topological polar surface area (TPSA) is 34.1 Å². The predicted octanol–water partition coefficient (Wildman–Crippen LogP) is 1.63. The van der Waals surface area contributed by atoms with Gasteiger partial charge in [-0.25, -0.2) is 4.98 Å². The summed E-state index contributed by atoms with van der Waals surface area (Å²) in [6.45, 7) is 1.94. The molecule has 4 heteroatoms. The number of thiazole rings is 1. The second kappa shape index (κ2) is 5.58. The highest BCUT2D eigenvalue weighted by molar-refractivity contribution is 7.09. The number of nitrogens with zero attached hydrogens (tertiary/aromatic N) is 1. The van der Waals surface area contributed by atoms with E-state index in [9.17, 15) is 0 Å². The Morgan fingerprint density at radius 1 is 1.67 bits per heavy atom. The smallest absolute Gasteiger partial charge is 0.0954 e. The summed E-state index contributed by atoms with van der Waals surface area (Å²) < 4.78 is 5.60. The Balaban J connectivity index is 1.83. The molecular weight excluding hydrogens is 208 g/mol. The second-order valence-corrected chi connectivity index (χ2v) is 4.87. The van der Waals surface area contributed by atoms with Crippen molar-refractivity contribution in [2.24, 2.45) is 0 Å². The zero-order chi connectivity index (χ0) is 10.5. The third-order valence-electron chi connectivity index (χ3n) is 2.66. The Labute approximate surface area is 94.9 Å². The van der Waals surface area contributed by atoms with Gasteiger partial charge in [0.25, 0.3) is 0 Å². The van der Waals surface area contributed by atoms with Gasteiger partial charge in [0.15, 0.2) is 0 Å². The van der Waals surface area contributed by atoms with Gasteiger partial charge in [-0.05, 0) is 19.9 Å². The third kappa shape index (κ3) is 3.26. The van der Waals surface area contributed by atoms with Gasteiger partial charge < -0.3 is 10.1 Å². The normalized spacial score (nSPS) is 21.0. The quantitative estimate of drug-likeness (QED) is 0.828. The highest BCUT2D eigenvalue weighted by Crippen LogP contribution is 2.19. The summed E-state index contributed by atoms with van der Waals surface area (Å²) in [5.74, 6) is 0. The van der Waals surface area contributed by atoms with Crippen LogP contribution in [-0.2, 0) is 17.6 Å². The predicted molar refractivity (Wildman–Crippen MR) is 62.4 cm³/mol. The van der Waals surface area contributed by atoms with Crippen molar-refractivity contribution < 1.29 is 4.74 Å². The minimum absolute atomic E-state index is 0.424. The molecule has 0 spiro atoms. The number of nitrogens with one attached hydrogen (secondary N) is 1. The Morgan fingerprint density at radius 2 is 2.60 bits per heavy atom. The maximum absolute atomic E-state index is 5.60. The SMILES string of the molecule is CNCCc1csc(CC2CCCO2)n1. The van der Waals surface area contributed by atoms with Crippen molar-refractivity contribution in [3.8, 4) is 0 Å². The van der Waals surface area contributed by atoms with Crippen molar-refractivity contribution in [2.75, 3.05) is 20.2 Å². The Kier molecular flexibility index (Phi) is 4.11. The van der Waals surface area contributed by atoms with Crippen molar-refractivity contribution in [2.45, 2.75) is 31.8 Å². The summed E-state index contributed by atoms with van der Waals surface area (Å²) in [5, 5.41) is 6.54. The van der Waals surface area contributed by atoms with Crippen LogP contribution in [0.5, 0.6) is 0 Å². The van der Waals surface area contributed by atoms with E-state index in [1.807, 2.05) is 7.05 Å². The molecule has 0 saturated carbocycles. The number of hydrogen-bond acceptors (Lipinski definition) is 4. The summed E-state index contributed by atoms with van der Waals surface area (Å²) in [6, 6.07) is 0. The lowest BCUT2D eigenvalue weighted by Gasteiger charge is -2.05. The van der Waals surface area contributed by atoms with Gasteiger partial charge in [0.1, 0.15) is 0 Å². The number of aromatic nitrogens is 1. The maximum atomic E-state index is 5.60. The molecule has 0 amide bonds. The first-order valence-electron chi connectivity index (χ1n) is 5.58. The monoisotopic (exact) mass is 226 g/mol. The maximum Gasteiger partial charge on any atom is 0.0954 e. The van der Waals surface area contributed by atoms with Gasteiger partial charge in [-0.15, -0.1) is 11.3 Å². The van der Waals surface area contributed by atoms with E-state index in [2.05, 4.69) is 15.7 Å². The molecule has 15 heavy (non-hydrogen) atoms. The fraction of sp³-hybridized carbons (Fsp3) is 0.727. The zero-order valence-corrected chi connectivity index (χ0v) is 9.98. The highest BCUT2D eigenvalue weighted by atomic mass is 32.1. The minimum Gasteiger partial charge on any atom is -0.378 e. The van der Waals surface area contributed by atoms with Crippen molar-refractivity contribution in [3.63, 3.8) is 0 Å². The van der Waals surface area contributed by atoms with E-state index in [0.29, 0.717) is 6.10 Å². The molecule has 0 aromatic carbocycles. The van der Waals surface area contributed by atoms with E-state index in [-0.39, 0.29) is 0 Å². The lowest BCUT2D eigenvalue weighted by molar-refractivity contribution is 0.111. The lowest BCUT2D eigenvalue weighted by atomic mass is 10.2. The molecule has 1 saturated heterocycles. The van der Waals surface area contributed by atoms with Gasteiger partial charge in [-0.2, -0.15) is 0 Å². The number of likely N-dealkylation sites (N-methyl/N-ethyl adjacent to an activating group) is 1. The zero-order valence-electron chi connectivity index (χ0n) is 9.16. The van der Waals surface area contributed by atoms with Gasteiger partial charge in [0, 0.05) is 31.4 Å². The van der Waals surface area contributed by atoms with Gasteiger partial charge >= 0.3 is 0 Å². The molecule has 2 rings (SSSR count). The Hall–Kier alpha value is -0.450. The average Bonchev–Trinajstić information content (AvgIpc) is 2.87. The summed E-state index contributed by atoms with van der Waals surface area (Å²) in [4.78, 5) is 4.61. The van der Waals surface area contributed by atoms with Crippen LogP contribution in [0.15, 0.2) is 5.38 Å². The molecule has 1 aliphatic rings. The molecule has 1 atom stereocenters. The van der Waals surface area contributed by atoms with Crippen LogP contribution in [-0.4, -0.2) is 31.3 Å². The second-order valence-electron chi connectivity index (χ2n) is 3.93. The van der Waals surface area contributed by atoms with Crippen LogP contribution in [0.4, 0.5) is 0 Å². The van der Waals surface area contributed by atoms with Crippen LogP contribution in [0, 0.1) is 0 Å². The summed E-state index contributed by atoms with van der Waals surface area (Å²) in [7, 11) is 1.97. The van der Waals surface area contributed by atoms with Crippen molar-refractivity contribution in [3.05, 3.63) is 16.1 Å². The van der Waals surface area contributed by atoms with E-state index in [4.69, 9.17) is 4.74 Å². The van der Waals surface area contributed by atoms with Crippen LogP contribution in [0.25, 0.3) is 0 Å². The van der Waals surface area contributed by atoms with Crippen molar-refractivity contribution in [1.29, 1.82) is 0 Å². The molecule has 1 N–H and O–H groups in total. The average molecular weight is 226 g/mol. The molecule has 1 aromatic rings. The van der Waals surface area contributed by atoms with Crippen LogP contribution in [0.2, 0.25) is 0 Å². The number of rotatable bonds is 5. The molecule has 0 radical (unpaired) electrons. The molecule has 0 aliphatic carbocycles. The van der Waals surface area contributed by atoms with Gasteiger partial charge in [-0.3, -0.25) is 0 Å². The molecule has 1 aromatic heterocycles. The Bertz CT molecular complexity index is 295. The molecule has 1 aliphatic heterocycles. The van der Waals surface area contributed by atoms with E-state index >= 15 is 0 Å². The fourth-order valence-electron chi connectivity index (χ4n) is 1.81. The van der Waals surface area contributed by atoms with E-state index in [1.165, 1.54) is 23.5 Å². The summed E-state index contributed by atoms with van der Waals surface area (Å²) in [5.41, 5.74) is 1.21. The third-order valence-corrected chi connectivity index (χ3v) is 3.58. The first-order valence-corrected chi connectivity index (χ1v) is 6.46. The molecule has 84 valence electrons. The van der Waals surface area contributed by atoms with Crippen LogP contribution < -0.4 is 5.32 Å². The number of hydrogen-bond donors (Lipinski definition) is 1. The first kappa shape index (κ1) is 11.0. The molecule has 0 bridgehead atoms. The molecular formula is C11H18N2OS. The summed E-state index contributed by atoms with van der Waals surface area (Å²) >= 11 is 1.77. The van der Waals surface area contributed by atoms with E-state index < -0.39 is 0 Å². The van der Waals surface area contributed by atoms with Crippen molar-refractivity contribution in [1.82, 2.24) is 10.3 Å². The largest absolute Gasteiger partial charge is 0.378 e. The summed E-state index contributed by atoms with van der Waals surface area (Å²) in [6.07, 6.45) is 4.87. The van der Waals surface area contributed by atoms with Gasteiger partial charge in [0.2, 0.25) is 0 Å². The molecule has 3 nitrogen and oxygen atoms in total. The standard InChI is InChI=1S/C11H18N2OS/c1-12-5-4-9-8-15-11(13-9)7-10-3-2-6-14-10/h8,10,12H,2-7H2,1H3. The van der Waals surface area contributed by atoms with Crippen LogP contribution in [0.3, 0.4) is 0 Å². The van der Waals surface area contributed by atoms with Gasteiger partial charge in [0.05, 0.1) is 16.8 Å². The molecule has 1 unspecified atom stereocenters. The molecule has 1 fully saturated rings. The number of ether oxygens (including phenoxy) is 1. The fourth-order valence-corrected chi connectivity index (χ4v) is 2.71. The van der Waals surface area contributed by atoms with Crippen LogP contribution >= 0.6 is 11.3 Å². The van der Waals surface area contributed by atoms with E-state index in [1.54, 1.807) is 11.3 Å². The van der Waals surface area contributed by atoms with Gasteiger partial charge in [-0.1, -0.05) is 0 Å². The Morgan fingerprint density at radius 3 is 3.33 bits per heavy atom. The first-order chi connectivity index (χ1) is 7.38.